The van der Waals surface area contributed by atoms with Gasteiger partial charge in [0.15, 0.2) is 5.65 Å². The Morgan fingerprint density at radius 2 is 2.05 bits per heavy atom. The molecule has 0 fully saturated rings. The number of methoxy groups -OCH3 is 1. The van der Waals surface area contributed by atoms with E-state index in [9.17, 15) is 4.39 Å². The second-order valence-electron chi connectivity index (χ2n) is 3.94. The van der Waals surface area contributed by atoms with Gasteiger partial charge in [-0.3, -0.25) is 0 Å². The Labute approximate surface area is 116 Å². The minimum absolute atomic E-state index is 0.330. The maximum absolute atomic E-state index is 13.5. The van der Waals surface area contributed by atoms with Crippen LogP contribution in [0.3, 0.4) is 0 Å². The van der Waals surface area contributed by atoms with Crippen LogP contribution in [0.2, 0.25) is 0 Å². The largest absolute Gasteiger partial charge is 0.481 e. The standard InChI is InChI=1S/C13H9BrFN3O/c1-19-11-5-4-10-13(17-11)18-12(16-10)7-2-3-8(14)9(15)6-7/h2-6H,1H3,(H,16,17,18). The lowest BCUT2D eigenvalue weighted by atomic mass is 10.2. The number of nitrogens with one attached hydrogen (secondary N) is 1. The molecule has 3 aromatic rings. The SMILES string of the molecule is COc1ccc2[nH]c(-c3ccc(Br)c(F)c3)nc2n1. The second kappa shape index (κ2) is 4.62. The molecule has 0 saturated carbocycles. The summed E-state index contributed by atoms with van der Waals surface area (Å²) in [5, 5.41) is 0. The van der Waals surface area contributed by atoms with E-state index in [-0.39, 0.29) is 5.82 Å². The maximum atomic E-state index is 13.5. The first kappa shape index (κ1) is 12.1. The van der Waals surface area contributed by atoms with Crippen molar-refractivity contribution in [1.29, 1.82) is 0 Å². The molecule has 19 heavy (non-hydrogen) atoms. The zero-order valence-corrected chi connectivity index (χ0v) is 11.5. The number of hydrogen-bond acceptors (Lipinski definition) is 3. The Bertz CT molecular complexity index is 757. The molecule has 0 radical (unpaired) electrons. The average molecular weight is 322 g/mol. The van der Waals surface area contributed by atoms with Crippen LogP contribution in [-0.2, 0) is 0 Å². The topological polar surface area (TPSA) is 50.8 Å². The molecule has 2 heterocycles. The van der Waals surface area contributed by atoms with Gasteiger partial charge in [-0.2, -0.15) is 4.98 Å². The fourth-order valence-corrected chi connectivity index (χ4v) is 2.02. The van der Waals surface area contributed by atoms with E-state index < -0.39 is 0 Å². The number of benzene rings is 1. The van der Waals surface area contributed by atoms with Crippen molar-refractivity contribution in [2.24, 2.45) is 0 Å². The summed E-state index contributed by atoms with van der Waals surface area (Å²) in [5.41, 5.74) is 1.98. The van der Waals surface area contributed by atoms with E-state index in [1.807, 2.05) is 6.07 Å². The summed E-state index contributed by atoms with van der Waals surface area (Å²) in [6.45, 7) is 0. The van der Waals surface area contributed by atoms with Gasteiger partial charge in [-0.15, -0.1) is 0 Å². The first-order chi connectivity index (χ1) is 9.17. The van der Waals surface area contributed by atoms with Crippen LogP contribution < -0.4 is 4.74 Å². The van der Waals surface area contributed by atoms with Crippen LogP contribution in [0.15, 0.2) is 34.8 Å². The number of aromatic nitrogens is 3. The molecule has 0 aliphatic carbocycles. The van der Waals surface area contributed by atoms with Gasteiger partial charge in [0.05, 0.1) is 17.1 Å². The number of fused-ring (bicyclic) bond motifs is 1. The highest BCUT2D eigenvalue weighted by Crippen LogP contribution is 2.24. The van der Waals surface area contributed by atoms with Crippen molar-refractivity contribution < 1.29 is 9.13 Å². The summed E-state index contributed by atoms with van der Waals surface area (Å²) in [6, 6.07) is 8.41. The molecule has 6 heteroatoms. The maximum Gasteiger partial charge on any atom is 0.215 e. The molecule has 1 N–H and O–H groups in total. The molecule has 0 bridgehead atoms. The van der Waals surface area contributed by atoms with E-state index >= 15 is 0 Å². The zero-order valence-electron chi connectivity index (χ0n) is 9.95. The number of imidazole rings is 1. The van der Waals surface area contributed by atoms with Crippen LogP contribution in [0, 0.1) is 5.82 Å². The third-order valence-corrected chi connectivity index (χ3v) is 3.37. The van der Waals surface area contributed by atoms with Crippen LogP contribution in [-0.4, -0.2) is 22.1 Å². The number of halogens is 2. The highest BCUT2D eigenvalue weighted by molar-refractivity contribution is 9.10. The van der Waals surface area contributed by atoms with Gasteiger partial charge < -0.3 is 9.72 Å². The molecule has 96 valence electrons. The van der Waals surface area contributed by atoms with Gasteiger partial charge in [-0.1, -0.05) is 0 Å². The summed E-state index contributed by atoms with van der Waals surface area (Å²) in [4.78, 5) is 11.6. The lowest BCUT2D eigenvalue weighted by molar-refractivity contribution is 0.399. The Morgan fingerprint density at radius 3 is 2.79 bits per heavy atom. The molecule has 0 aliphatic rings. The van der Waals surface area contributed by atoms with Crippen molar-refractivity contribution in [3.8, 4) is 17.3 Å². The zero-order chi connectivity index (χ0) is 13.4. The van der Waals surface area contributed by atoms with Gasteiger partial charge in [0.1, 0.15) is 11.6 Å². The van der Waals surface area contributed by atoms with E-state index in [4.69, 9.17) is 4.74 Å². The fourth-order valence-electron chi connectivity index (χ4n) is 1.77. The van der Waals surface area contributed by atoms with Crippen molar-refractivity contribution in [2.45, 2.75) is 0 Å². The van der Waals surface area contributed by atoms with Gasteiger partial charge in [-0.05, 0) is 40.2 Å². The highest BCUT2D eigenvalue weighted by atomic mass is 79.9. The number of aromatic amines is 1. The molecule has 0 unspecified atom stereocenters. The molecular formula is C13H9BrFN3O. The molecule has 0 amide bonds. The molecular weight excluding hydrogens is 313 g/mol. The first-order valence-electron chi connectivity index (χ1n) is 5.53. The van der Waals surface area contributed by atoms with E-state index in [1.54, 1.807) is 25.3 Å². The van der Waals surface area contributed by atoms with Gasteiger partial charge in [0.2, 0.25) is 5.88 Å². The van der Waals surface area contributed by atoms with Crippen molar-refractivity contribution in [3.63, 3.8) is 0 Å². The normalized spacial score (nSPS) is 10.9. The highest BCUT2D eigenvalue weighted by Gasteiger charge is 2.09. The molecule has 0 atom stereocenters. The Kier molecular flexibility index (Phi) is 2.94. The van der Waals surface area contributed by atoms with Crippen molar-refractivity contribution in [1.82, 2.24) is 15.0 Å². The van der Waals surface area contributed by atoms with Crippen LogP contribution >= 0.6 is 15.9 Å². The lowest BCUT2D eigenvalue weighted by Gasteiger charge is -1.98. The number of hydrogen-bond donors (Lipinski definition) is 1. The minimum atomic E-state index is -0.330. The van der Waals surface area contributed by atoms with Crippen LogP contribution in [0.5, 0.6) is 5.88 Å². The average Bonchev–Trinajstić information content (AvgIpc) is 2.84. The van der Waals surface area contributed by atoms with E-state index in [0.717, 1.165) is 5.52 Å². The second-order valence-corrected chi connectivity index (χ2v) is 4.79. The Hall–Kier alpha value is -1.95. The third kappa shape index (κ3) is 2.19. The summed E-state index contributed by atoms with van der Waals surface area (Å²) in [5.74, 6) is 0.734. The van der Waals surface area contributed by atoms with E-state index in [1.165, 1.54) is 6.07 Å². The minimum Gasteiger partial charge on any atom is -0.481 e. The number of rotatable bonds is 2. The quantitative estimate of drug-likeness (QED) is 0.785. The lowest BCUT2D eigenvalue weighted by Crippen LogP contribution is -1.86. The Morgan fingerprint density at radius 1 is 1.21 bits per heavy atom. The van der Waals surface area contributed by atoms with Gasteiger partial charge >= 0.3 is 0 Å². The summed E-state index contributed by atoms with van der Waals surface area (Å²) in [6.07, 6.45) is 0. The molecule has 3 rings (SSSR count). The summed E-state index contributed by atoms with van der Waals surface area (Å²) in [7, 11) is 1.55. The number of ether oxygens (including phenoxy) is 1. The van der Waals surface area contributed by atoms with E-state index in [2.05, 4.69) is 30.9 Å². The number of H-pyrrole nitrogens is 1. The predicted octanol–water partition coefficient (Wildman–Crippen LogP) is 3.54. The van der Waals surface area contributed by atoms with Crippen molar-refractivity contribution in [2.75, 3.05) is 7.11 Å². The summed E-state index contributed by atoms with van der Waals surface area (Å²) < 4.78 is 19.0. The Balaban J connectivity index is 2.11. The number of nitrogens with zero attached hydrogens (tertiary/aromatic N) is 2. The fraction of sp³-hybridized carbons (Fsp3) is 0.0769. The third-order valence-electron chi connectivity index (χ3n) is 2.72. The van der Waals surface area contributed by atoms with Gasteiger partial charge in [0, 0.05) is 11.6 Å². The molecule has 2 aromatic heterocycles. The molecule has 4 nitrogen and oxygen atoms in total. The van der Waals surface area contributed by atoms with Gasteiger partial charge in [0.25, 0.3) is 0 Å². The van der Waals surface area contributed by atoms with Crippen LogP contribution in [0.4, 0.5) is 4.39 Å². The molecule has 0 aliphatic heterocycles. The number of pyridine rings is 1. The monoisotopic (exact) mass is 321 g/mol. The van der Waals surface area contributed by atoms with Crippen LogP contribution in [0.1, 0.15) is 0 Å². The first-order valence-corrected chi connectivity index (χ1v) is 6.33. The smallest absolute Gasteiger partial charge is 0.215 e. The molecule has 0 saturated heterocycles. The summed E-state index contributed by atoms with van der Waals surface area (Å²) >= 11 is 3.12. The van der Waals surface area contributed by atoms with Crippen molar-refractivity contribution in [3.05, 3.63) is 40.6 Å². The van der Waals surface area contributed by atoms with E-state index in [0.29, 0.717) is 27.4 Å². The predicted molar refractivity (Wildman–Crippen MR) is 73.5 cm³/mol. The molecule has 1 aromatic carbocycles. The van der Waals surface area contributed by atoms with Crippen molar-refractivity contribution >= 4 is 27.1 Å². The van der Waals surface area contributed by atoms with Gasteiger partial charge in [-0.25, -0.2) is 9.37 Å². The molecule has 0 spiro atoms. The van der Waals surface area contributed by atoms with Crippen LogP contribution in [0.25, 0.3) is 22.6 Å².